The van der Waals surface area contributed by atoms with Gasteiger partial charge in [-0.1, -0.05) is 0 Å². The molecule has 1 fully saturated rings. The van der Waals surface area contributed by atoms with Crippen molar-refractivity contribution in [3.8, 4) is 0 Å². The van der Waals surface area contributed by atoms with Crippen LogP contribution in [0, 0.1) is 5.92 Å². The Morgan fingerprint density at radius 3 is 2.83 bits per heavy atom. The smallest absolute Gasteiger partial charge is 0.234 e. The maximum Gasteiger partial charge on any atom is 0.234 e. The van der Waals surface area contributed by atoms with Gasteiger partial charge in [-0.3, -0.25) is 14.5 Å². The molecule has 18 heavy (non-hydrogen) atoms. The summed E-state index contributed by atoms with van der Waals surface area (Å²) >= 11 is 0. The third-order valence-corrected chi connectivity index (χ3v) is 3.27. The molecule has 0 bridgehead atoms. The molecule has 5 nitrogen and oxygen atoms in total. The summed E-state index contributed by atoms with van der Waals surface area (Å²) in [4.78, 5) is 25.2. The standard InChI is InChI=1S/C13H24N2O3/c1-10(9-18-3)14-13(17)8-15-6-4-5-12(7-15)11(2)16/h10,12H,4-9H2,1-3H3,(H,14,17). The minimum Gasteiger partial charge on any atom is -0.383 e. The van der Waals surface area contributed by atoms with Crippen LogP contribution in [0.4, 0.5) is 0 Å². The van der Waals surface area contributed by atoms with Crippen molar-refractivity contribution in [1.29, 1.82) is 0 Å². The maximum atomic E-state index is 11.8. The van der Waals surface area contributed by atoms with Crippen LogP contribution >= 0.6 is 0 Å². The molecule has 0 spiro atoms. The molecule has 1 saturated heterocycles. The van der Waals surface area contributed by atoms with E-state index in [1.807, 2.05) is 6.92 Å². The Balaban J connectivity index is 2.33. The molecule has 1 aliphatic rings. The first-order valence-corrected chi connectivity index (χ1v) is 6.54. The van der Waals surface area contributed by atoms with E-state index in [0.717, 1.165) is 19.4 Å². The van der Waals surface area contributed by atoms with E-state index >= 15 is 0 Å². The van der Waals surface area contributed by atoms with Crippen molar-refractivity contribution in [1.82, 2.24) is 10.2 Å². The van der Waals surface area contributed by atoms with Gasteiger partial charge >= 0.3 is 0 Å². The second kappa shape index (κ2) is 7.48. The number of amides is 1. The molecule has 0 aromatic heterocycles. The fraction of sp³-hybridized carbons (Fsp3) is 0.846. The van der Waals surface area contributed by atoms with Gasteiger partial charge in [0.1, 0.15) is 5.78 Å². The third-order valence-electron chi connectivity index (χ3n) is 3.27. The zero-order valence-electron chi connectivity index (χ0n) is 11.6. The number of methoxy groups -OCH3 is 1. The quantitative estimate of drug-likeness (QED) is 0.749. The van der Waals surface area contributed by atoms with Gasteiger partial charge in [0.15, 0.2) is 0 Å². The number of Topliss-reactive ketones (excluding diaryl/α,β-unsaturated/α-hetero) is 1. The monoisotopic (exact) mass is 256 g/mol. The number of hydrogen-bond donors (Lipinski definition) is 1. The van der Waals surface area contributed by atoms with Crippen molar-refractivity contribution in [2.45, 2.75) is 32.7 Å². The molecule has 1 rings (SSSR count). The van der Waals surface area contributed by atoms with Crippen LogP contribution in [0.5, 0.6) is 0 Å². The van der Waals surface area contributed by atoms with Crippen molar-refractivity contribution >= 4 is 11.7 Å². The predicted octanol–water partition coefficient (Wildman–Crippen LogP) is 0.438. The van der Waals surface area contributed by atoms with Crippen LogP contribution in [-0.4, -0.2) is 56.0 Å². The van der Waals surface area contributed by atoms with Crippen LogP contribution < -0.4 is 5.32 Å². The summed E-state index contributed by atoms with van der Waals surface area (Å²) < 4.78 is 4.97. The lowest BCUT2D eigenvalue weighted by molar-refractivity contribution is -0.126. The highest BCUT2D eigenvalue weighted by atomic mass is 16.5. The van der Waals surface area contributed by atoms with E-state index < -0.39 is 0 Å². The van der Waals surface area contributed by atoms with Crippen LogP contribution in [0.1, 0.15) is 26.7 Å². The van der Waals surface area contributed by atoms with Crippen LogP contribution in [0.15, 0.2) is 0 Å². The van der Waals surface area contributed by atoms with Crippen molar-refractivity contribution in [2.24, 2.45) is 5.92 Å². The molecule has 0 aromatic rings. The zero-order valence-corrected chi connectivity index (χ0v) is 11.6. The summed E-state index contributed by atoms with van der Waals surface area (Å²) in [5.74, 6) is 0.333. The van der Waals surface area contributed by atoms with E-state index in [-0.39, 0.29) is 23.7 Å². The highest BCUT2D eigenvalue weighted by Crippen LogP contribution is 2.16. The summed E-state index contributed by atoms with van der Waals surface area (Å²) in [6.07, 6.45) is 1.94. The van der Waals surface area contributed by atoms with Gasteiger partial charge in [-0.15, -0.1) is 0 Å². The number of ether oxygens (including phenoxy) is 1. The van der Waals surface area contributed by atoms with Gasteiger partial charge in [-0.05, 0) is 33.2 Å². The Bertz CT molecular complexity index is 294. The Kier molecular flexibility index (Phi) is 6.29. The number of hydrogen-bond acceptors (Lipinski definition) is 4. The number of ketones is 1. The second-order valence-corrected chi connectivity index (χ2v) is 5.11. The van der Waals surface area contributed by atoms with Gasteiger partial charge in [-0.2, -0.15) is 0 Å². The predicted molar refractivity (Wildman–Crippen MR) is 69.3 cm³/mol. The Morgan fingerprint density at radius 2 is 2.22 bits per heavy atom. The molecule has 0 aromatic carbocycles. The average molecular weight is 256 g/mol. The molecule has 0 saturated carbocycles. The Morgan fingerprint density at radius 1 is 1.50 bits per heavy atom. The van der Waals surface area contributed by atoms with Crippen molar-refractivity contribution in [3.05, 3.63) is 0 Å². The van der Waals surface area contributed by atoms with E-state index in [4.69, 9.17) is 4.74 Å². The van der Waals surface area contributed by atoms with Gasteiger partial charge in [0.2, 0.25) is 5.91 Å². The highest BCUT2D eigenvalue weighted by Gasteiger charge is 2.24. The summed E-state index contributed by atoms with van der Waals surface area (Å²) in [5, 5.41) is 2.88. The SMILES string of the molecule is COCC(C)NC(=O)CN1CCCC(C(C)=O)C1. The first-order chi connectivity index (χ1) is 8.52. The second-order valence-electron chi connectivity index (χ2n) is 5.11. The van der Waals surface area contributed by atoms with Gasteiger partial charge in [-0.25, -0.2) is 0 Å². The largest absolute Gasteiger partial charge is 0.383 e. The number of rotatable bonds is 6. The van der Waals surface area contributed by atoms with E-state index in [1.54, 1.807) is 14.0 Å². The number of carbonyl (C=O) groups excluding carboxylic acids is 2. The fourth-order valence-electron chi connectivity index (χ4n) is 2.35. The minimum absolute atomic E-state index is 0.00347. The molecule has 104 valence electrons. The van der Waals surface area contributed by atoms with E-state index in [1.165, 1.54) is 0 Å². The van der Waals surface area contributed by atoms with Crippen LogP contribution in [0.2, 0.25) is 0 Å². The lowest BCUT2D eigenvalue weighted by atomic mass is 9.95. The van der Waals surface area contributed by atoms with E-state index in [9.17, 15) is 9.59 Å². The summed E-state index contributed by atoms with van der Waals surface area (Å²) in [6, 6.07) is 0.0240. The highest BCUT2D eigenvalue weighted by molar-refractivity contribution is 5.80. The third kappa shape index (κ3) is 5.14. The van der Waals surface area contributed by atoms with Gasteiger partial charge in [0.25, 0.3) is 0 Å². The molecule has 1 aliphatic heterocycles. The molecule has 2 atom stereocenters. The van der Waals surface area contributed by atoms with Crippen molar-refractivity contribution < 1.29 is 14.3 Å². The van der Waals surface area contributed by atoms with E-state index in [0.29, 0.717) is 19.7 Å². The number of piperidine rings is 1. The molecule has 0 aliphatic carbocycles. The number of nitrogens with one attached hydrogen (secondary N) is 1. The molecular weight excluding hydrogens is 232 g/mol. The zero-order chi connectivity index (χ0) is 13.5. The van der Waals surface area contributed by atoms with Gasteiger partial charge < -0.3 is 10.1 Å². The Hall–Kier alpha value is -0.940. The fourth-order valence-corrected chi connectivity index (χ4v) is 2.35. The summed E-state index contributed by atoms with van der Waals surface area (Å²) in [5.41, 5.74) is 0. The lowest BCUT2D eigenvalue weighted by Gasteiger charge is -2.31. The van der Waals surface area contributed by atoms with Gasteiger partial charge in [0, 0.05) is 25.6 Å². The lowest BCUT2D eigenvalue weighted by Crippen LogP contribution is -2.46. The van der Waals surface area contributed by atoms with Gasteiger partial charge in [0.05, 0.1) is 13.2 Å². The molecule has 1 heterocycles. The molecule has 0 radical (unpaired) electrons. The van der Waals surface area contributed by atoms with Crippen molar-refractivity contribution in [2.75, 3.05) is 33.4 Å². The average Bonchev–Trinajstić information content (AvgIpc) is 2.29. The molecule has 5 heteroatoms. The number of nitrogens with zero attached hydrogens (tertiary/aromatic N) is 1. The molecule has 1 N–H and O–H groups in total. The summed E-state index contributed by atoms with van der Waals surface area (Å²) in [6.45, 7) is 6.04. The number of likely N-dealkylation sites (tertiary alicyclic amines) is 1. The molecule has 2 unspecified atom stereocenters. The number of carbonyl (C=O) groups is 2. The first-order valence-electron chi connectivity index (χ1n) is 6.54. The maximum absolute atomic E-state index is 11.8. The topological polar surface area (TPSA) is 58.6 Å². The normalized spacial score (nSPS) is 22.5. The van der Waals surface area contributed by atoms with Crippen molar-refractivity contribution in [3.63, 3.8) is 0 Å². The minimum atomic E-state index is 0.00347. The molecule has 1 amide bonds. The van der Waals surface area contributed by atoms with Crippen LogP contribution in [0.25, 0.3) is 0 Å². The van der Waals surface area contributed by atoms with Crippen LogP contribution in [-0.2, 0) is 14.3 Å². The summed E-state index contributed by atoms with van der Waals surface area (Å²) in [7, 11) is 1.62. The first kappa shape index (κ1) is 15.1. The Labute approximate surface area is 109 Å². The van der Waals surface area contributed by atoms with Crippen LogP contribution in [0.3, 0.4) is 0 Å². The molecular formula is C13H24N2O3. The van der Waals surface area contributed by atoms with E-state index in [2.05, 4.69) is 10.2 Å².